The summed E-state index contributed by atoms with van der Waals surface area (Å²) in [5.74, 6) is -0.479. The Kier molecular flexibility index (Phi) is 4.16. The molecule has 1 aliphatic rings. The zero-order valence-corrected chi connectivity index (χ0v) is 10.4. The largest absolute Gasteiger partial charge is 0.393 e. The Morgan fingerprint density at radius 3 is 2.74 bits per heavy atom. The van der Waals surface area contributed by atoms with Crippen LogP contribution in [0.25, 0.3) is 0 Å². The second-order valence-corrected chi connectivity index (χ2v) is 4.82. The van der Waals surface area contributed by atoms with Gasteiger partial charge in [-0.05, 0) is 12.8 Å². The molecule has 1 amide bonds. The first-order chi connectivity index (χ1) is 9.06. The van der Waals surface area contributed by atoms with Gasteiger partial charge in [-0.25, -0.2) is 4.79 Å². The summed E-state index contributed by atoms with van der Waals surface area (Å²) in [7, 11) is 0. The van der Waals surface area contributed by atoms with Crippen molar-refractivity contribution in [2.75, 3.05) is 6.54 Å². The van der Waals surface area contributed by atoms with Gasteiger partial charge in [0.1, 0.15) is 5.69 Å². The number of aliphatic hydroxyl groups is 1. The number of aromatic nitrogens is 2. The SMILES string of the molecule is O=C(NCC1CCCCC1O)c1cc(=O)[nH]c(=O)[nH]1. The van der Waals surface area contributed by atoms with E-state index >= 15 is 0 Å². The summed E-state index contributed by atoms with van der Waals surface area (Å²) in [6, 6.07) is 1.04. The highest BCUT2D eigenvalue weighted by Gasteiger charge is 2.23. The molecular weight excluding hydrogens is 250 g/mol. The van der Waals surface area contributed by atoms with Gasteiger partial charge in [0.15, 0.2) is 0 Å². The summed E-state index contributed by atoms with van der Waals surface area (Å²) >= 11 is 0. The number of hydrogen-bond donors (Lipinski definition) is 4. The quantitative estimate of drug-likeness (QED) is 0.582. The lowest BCUT2D eigenvalue weighted by atomic mass is 9.86. The van der Waals surface area contributed by atoms with E-state index in [0.29, 0.717) is 6.54 Å². The fraction of sp³-hybridized carbons (Fsp3) is 0.583. The highest BCUT2D eigenvalue weighted by molar-refractivity contribution is 5.91. The van der Waals surface area contributed by atoms with Crippen LogP contribution in [0.3, 0.4) is 0 Å². The Bertz CT molecular complexity index is 534. The van der Waals surface area contributed by atoms with Gasteiger partial charge >= 0.3 is 5.69 Å². The van der Waals surface area contributed by atoms with Crippen molar-refractivity contribution in [2.24, 2.45) is 5.92 Å². The average molecular weight is 267 g/mol. The predicted octanol–water partition coefficient (Wildman–Crippen LogP) is -0.656. The number of H-pyrrole nitrogens is 2. The summed E-state index contributed by atoms with van der Waals surface area (Å²) in [6.07, 6.45) is 3.27. The molecule has 0 saturated heterocycles. The zero-order chi connectivity index (χ0) is 13.8. The van der Waals surface area contributed by atoms with Crippen molar-refractivity contribution < 1.29 is 9.90 Å². The van der Waals surface area contributed by atoms with Crippen molar-refractivity contribution in [1.29, 1.82) is 0 Å². The molecule has 1 aromatic heterocycles. The molecular formula is C12H17N3O4. The van der Waals surface area contributed by atoms with Crippen molar-refractivity contribution in [2.45, 2.75) is 31.8 Å². The maximum atomic E-state index is 11.8. The van der Waals surface area contributed by atoms with E-state index in [2.05, 4.69) is 10.3 Å². The minimum atomic E-state index is -0.713. The summed E-state index contributed by atoms with van der Waals surface area (Å²) in [4.78, 5) is 38.2. The molecule has 2 rings (SSSR count). The third kappa shape index (κ3) is 3.54. The van der Waals surface area contributed by atoms with Crippen LogP contribution in [0.2, 0.25) is 0 Å². The second-order valence-electron chi connectivity index (χ2n) is 4.82. The van der Waals surface area contributed by atoms with E-state index in [1.807, 2.05) is 4.98 Å². The molecule has 1 saturated carbocycles. The van der Waals surface area contributed by atoms with Crippen molar-refractivity contribution in [3.8, 4) is 0 Å². The van der Waals surface area contributed by atoms with Crippen LogP contribution in [0.4, 0.5) is 0 Å². The molecule has 0 aliphatic heterocycles. The monoisotopic (exact) mass is 267 g/mol. The van der Waals surface area contributed by atoms with Gasteiger partial charge in [0.25, 0.3) is 11.5 Å². The molecule has 1 aromatic rings. The van der Waals surface area contributed by atoms with Gasteiger partial charge in [-0.15, -0.1) is 0 Å². The van der Waals surface area contributed by atoms with E-state index in [-0.39, 0.29) is 11.6 Å². The van der Waals surface area contributed by atoms with Crippen LogP contribution < -0.4 is 16.6 Å². The van der Waals surface area contributed by atoms with Gasteiger partial charge < -0.3 is 15.4 Å². The molecule has 7 nitrogen and oxygen atoms in total. The summed E-state index contributed by atoms with van der Waals surface area (Å²) in [5.41, 5.74) is -1.40. The van der Waals surface area contributed by atoms with Crippen molar-refractivity contribution in [1.82, 2.24) is 15.3 Å². The third-order valence-electron chi connectivity index (χ3n) is 3.40. The first kappa shape index (κ1) is 13.5. The Hall–Kier alpha value is -1.89. The maximum Gasteiger partial charge on any atom is 0.326 e. The number of aliphatic hydroxyl groups excluding tert-OH is 1. The number of carbonyl (C=O) groups is 1. The van der Waals surface area contributed by atoms with Crippen LogP contribution in [0.5, 0.6) is 0 Å². The maximum absolute atomic E-state index is 11.8. The standard InChI is InChI=1S/C12H17N3O4/c16-9-4-2-1-3-7(9)6-13-11(18)8-5-10(17)15-12(19)14-8/h5,7,9,16H,1-4,6H2,(H,13,18)(H2,14,15,17,19). The first-order valence-electron chi connectivity index (χ1n) is 6.36. The van der Waals surface area contributed by atoms with Gasteiger partial charge in [-0.3, -0.25) is 14.6 Å². The highest BCUT2D eigenvalue weighted by Crippen LogP contribution is 2.23. The number of nitrogens with one attached hydrogen (secondary N) is 3. The zero-order valence-electron chi connectivity index (χ0n) is 10.4. The minimum Gasteiger partial charge on any atom is -0.393 e. The molecule has 4 N–H and O–H groups in total. The van der Waals surface area contributed by atoms with E-state index in [1.165, 1.54) is 0 Å². The molecule has 0 spiro atoms. The predicted molar refractivity (Wildman–Crippen MR) is 68.0 cm³/mol. The molecule has 2 atom stereocenters. The lowest BCUT2D eigenvalue weighted by Crippen LogP contribution is -2.38. The number of amides is 1. The van der Waals surface area contributed by atoms with Crippen LogP contribution in [0.15, 0.2) is 15.7 Å². The van der Waals surface area contributed by atoms with Crippen LogP contribution in [-0.4, -0.2) is 33.6 Å². The fourth-order valence-electron chi connectivity index (χ4n) is 2.34. The fourth-order valence-corrected chi connectivity index (χ4v) is 2.34. The molecule has 0 aromatic carbocycles. The van der Waals surface area contributed by atoms with E-state index in [0.717, 1.165) is 31.7 Å². The Balaban J connectivity index is 1.97. The van der Waals surface area contributed by atoms with Crippen molar-refractivity contribution >= 4 is 5.91 Å². The summed E-state index contributed by atoms with van der Waals surface area (Å²) in [6.45, 7) is 0.342. The summed E-state index contributed by atoms with van der Waals surface area (Å²) < 4.78 is 0. The second kappa shape index (κ2) is 5.83. The van der Waals surface area contributed by atoms with Crippen LogP contribution in [-0.2, 0) is 0 Å². The van der Waals surface area contributed by atoms with Gasteiger partial charge in [-0.1, -0.05) is 12.8 Å². The molecule has 1 aliphatic carbocycles. The summed E-state index contributed by atoms with van der Waals surface area (Å²) in [5, 5.41) is 12.4. The number of rotatable bonds is 3. The smallest absolute Gasteiger partial charge is 0.326 e. The first-order valence-corrected chi connectivity index (χ1v) is 6.36. The molecule has 19 heavy (non-hydrogen) atoms. The van der Waals surface area contributed by atoms with Gasteiger partial charge in [0, 0.05) is 18.5 Å². The normalized spacial score (nSPS) is 23.0. The third-order valence-corrected chi connectivity index (χ3v) is 3.40. The number of aromatic amines is 2. The molecule has 1 heterocycles. The van der Waals surface area contributed by atoms with Crippen molar-refractivity contribution in [3.63, 3.8) is 0 Å². The lowest BCUT2D eigenvalue weighted by molar-refractivity contribution is 0.0661. The van der Waals surface area contributed by atoms with Gasteiger partial charge in [0.2, 0.25) is 0 Å². The van der Waals surface area contributed by atoms with E-state index < -0.39 is 23.3 Å². The molecule has 104 valence electrons. The lowest BCUT2D eigenvalue weighted by Gasteiger charge is -2.27. The Morgan fingerprint density at radius 1 is 1.32 bits per heavy atom. The van der Waals surface area contributed by atoms with Gasteiger partial charge in [-0.2, -0.15) is 0 Å². The van der Waals surface area contributed by atoms with Crippen LogP contribution in [0, 0.1) is 5.92 Å². The van der Waals surface area contributed by atoms with Crippen molar-refractivity contribution in [3.05, 3.63) is 32.6 Å². The minimum absolute atomic E-state index is 0.0337. The number of hydrogen-bond acceptors (Lipinski definition) is 4. The van der Waals surface area contributed by atoms with E-state index in [4.69, 9.17) is 0 Å². The van der Waals surface area contributed by atoms with E-state index in [1.54, 1.807) is 0 Å². The Labute approximate surface area is 109 Å². The molecule has 0 radical (unpaired) electrons. The van der Waals surface area contributed by atoms with E-state index in [9.17, 15) is 19.5 Å². The Morgan fingerprint density at radius 2 is 2.05 bits per heavy atom. The molecule has 1 fully saturated rings. The molecule has 7 heteroatoms. The molecule has 2 unspecified atom stereocenters. The van der Waals surface area contributed by atoms with Crippen LogP contribution in [0.1, 0.15) is 36.2 Å². The number of carbonyl (C=O) groups excluding carboxylic acids is 1. The average Bonchev–Trinajstić information content (AvgIpc) is 2.36. The van der Waals surface area contributed by atoms with Gasteiger partial charge in [0.05, 0.1) is 6.10 Å². The highest BCUT2D eigenvalue weighted by atomic mass is 16.3. The van der Waals surface area contributed by atoms with Crippen LogP contribution >= 0.6 is 0 Å². The molecule has 0 bridgehead atoms. The topological polar surface area (TPSA) is 115 Å².